The largest absolute Gasteiger partial charge is 0.336 e. The number of rotatable bonds is 4. The normalized spacial score (nSPS) is 15.8. The summed E-state index contributed by atoms with van der Waals surface area (Å²) in [7, 11) is 0. The van der Waals surface area contributed by atoms with E-state index in [1.54, 1.807) is 6.07 Å². The maximum Gasteiger partial charge on any atom is 0.257 e. The molecule has 2 aromatic carbocycles. The van der Waals surface area contributed by atoms with E-state index in [0.29, 0.717) is 23.7 Å². The number of benzene rings is 2. The van der Waals surface area contributed by atoms with Crippen molar-refractivity contribution in [2.24, 2.45) is 0 Å². The van der Waals surface area contributed by atoms with Gasteiger partial charge in [-0.1, -0.05) is 83.4 Å². The van der Waals surface area contributed by atoms with Gasteiger partial charge in [0.15, 0.2) is 0 Å². The Labute approximate surface area is 187 Å². The van der Waals surface area contributed by atoms with E-state index in [9.17, 15) is 4.79 Å². The average molecular weight is 440 g/mol. The molecule has 1 amide bonds. The fourth-order valence-corrected chi connectivity index (χ4v) is 4.27. The number of halogens is 2. The minimum absolute atomic E-state index is 0.124. The Morgan fingerprint density at radius 2 is 1.57 bits per heavy atom. The molecule has 1 atom stereocenters. The first-order chi connectivity index (χ1) is 14.5. The summed E-state index contributed by atoms with van der Waals surface area (Å²) < 4.78 is 0. The molecule has 154 valence electrons. The van der Waals surface area contributed by atoms with Gasteiger partial charge in [-0.25, -0.2) is 4.98 Å². The second-order valence-electron chi connectivity index (χ2n) is 7.54. The lowest BCUT2D eigenvalue weighted by atomic mass is 9.95. The lowest BCUT2D eigenvalue weighted by molar-refractivity contribution is 0.0597. The van der Waals surface area contributed by atoms with Crippen molar-refractivity contribution in [1.82, 2.24) is 14.8 Å². The number of piperazine rings is 1. The van der Waals surface area contributed by atoms with Gasteiger partial charge in [-0.05, 0) is 24.1 Å². The van der Waals surface area contributed by atoms with Crippen LogP contribution >= 0.6 is 23.2 Å². The number of aryl methyl sites for hydroxylation is 1. The number of hydrogen-bond acceptors (Lipinski definition) is 3. The predicted octanol–water partition coefficient (Wildman–Crippen LogP) is 5.24. The molecule has 30 heavy (non-hydrogen) atoms. The van der Waals surface area contributed by atoms with Gasteiger partial charge in [0.2, 0.25) is 0 Å². The molecule has 0 N–H and O–H groups in total. The third-order valence-electron chi connectivity index (χ3n) is 5.51. The van der Waals surface area contributed by atoms with Gasteiger partial charge in [-0.3, -0.25) is 9.69 Å². The highest BCUT2D eigenvalue weighted by atomic mass is 35.5. The van der Waals surface area contributed by atoms with Gasteiger partial charge in [0.1, 0.15) is 5.15 Å². The van der Waals surface area contributed by atoms with Crippen LogP contribution in [-0.4, -0.2) is 46.9 Å². The van der Waals surface area contributed by atoms with E-state index in [0.717, 1.165) is 13.1 Å². The fraction of sp³-hybridized carbons (Fsp3) is 0.250. The summed E-state index contributed by atoms with van der Waals surface area (Å²) in [6.45, 7) is 4.88. The zero-order chi connectivity index (χ0) is 21.1. The second kappa shape index (κ2) is 9.17. The molecule has 4 rings (SSSR count). The van der Waals surface area contributed by atoms with Crippen molar-refractivity contribution in [3.05, 3.63) is 99.3 Å². The quantitative estimate of drug-likeness (QED) is 0.521. The maximum absolute atomic E-state index is 13.0. The number of hydrogen-bond donors (Lipinski definition) is 0. The molecule has 0 radical (unpaired) electrons. The van der Waals surface area contributed by atoms with Crippen LogP contribution in [0.2, 0.25) is 10.2 Å². The van der Waals surface area contributed by atoms with Crippen molar-refractivity contribution in [2.45, 2.75) is 13.0 Å². The highest BCUT2D eigenvalue weighted by Crippen LogP contribution is 2.30. The first kappa shape index (κ1) is 20.9. The van der Waals surface area contributed by atoms with Gasteiger partial charge >= 0.3 is 0 Å². The summed E-state index contributed by atoms with van der Waals surface area (Å²) in [6.07, 6.45) is 1.45. The van der Waals surface area contributed by atoms with Crippen LogP contribution in [0.1, 0.15) is 33.1 Å². The van der Waals surface area contributed by atoms with E-state index in [2.05, 4.69) is 65.3 Å². The van der Waals surface area contributed by atoms with Gasteiger partial charge in [0.05, 0.1) is 16.6 Å². The summed E-state index contributed by atoms with van der Waals surface area (Å²) in [5.41, 5.74) is 4.11. The lowest BCUT2D eigenvalue weighted by Crippen LogP contribution is -2.50. The van der Waals surface area contributed by atoms with E-state index in [1.807, 2.05) is 11.0 Å². The average Bonchev–Trinajstić information content (AvgIpc) is 2.78. The second-order valence-corrected chi connectivity index (χ2v) is 8.34. The maximum atomic E-state index is 13.0. The Morgan fingerprint density at radius 1 is 0.933 bits per heavy atom. The van der Waals surface area contributed by atoms with Crippen LogP contribution in [0.25, 0.3) is 0 Å². The molecule has 0 unspecified atom stereocenters. The SMILES string of the molecule is Cc1ccc([C@@H](c2ccccc2)N2CCN(C(=O)c3cc(Cl)cnc3Cl)CC2)cc1. The smallest absolute Gasteiger partial charge is 0.257 e. The molecule has 3 aromatic rings. The first-order valence-electron chi connectivity index (χ1n) is 9.99. The van der Waals surface area contributed by atoms with Crippen molar-refractivity contribution >= 4 is 29.1 Å². The topological polar surface area (TPSA) is 36.4 Å². The molecule has 1 aliphatic heterocycles. The fourth-order valence-electron chi connectivity index (χ4n) is 3.92. The van der Waals surface area contributed by atoms with Crippen molar-refractivity contribution in [1.29, 1.82) is 0 Å². The zero-order valence-electron chi connectivity index (χ0n) is 16.8. The molecule has 1 aromatic heterocycles. The van der Waals surface area contributed by atoms with E-state index >= 15 is 0 Å². The Morgan fingerprint density at radius 3 is 2.23 bits per heavy atom. The summed E-state index contributed by atoms with van der Waals surface area (Å²) in [5.74, 6) is -0.124. The number of aromatic nitrogens is 1. The van der Waals surface area contributed by atoms with Crippen LogP contribution in [-0.2, 0) is 0 Å². The van der Waals surface area contributed by atoms with Crippen LogP contribution in [0.5, 0.6) is 0 Å². The minimum Gasteiger partial charge on any atom is -0.336 e. The third kappa shape index (κ3) is 4.51. The molecule has 1 saturated heterocycles. The number of carbonyl (C=O) groups excluding carboxylic acids is 1. The molecule has 6 heteroatoms. The third-order valence-corrected chi connectivity index (χ3v) is 6.02. The molecule has 0 spiro atoms. The van der Waals surface area contributed by atoms with Crippen molar-refractivity contribution in [2.75, 3.05) is 26.2 Å². The van der Waals surface area contributed by atoms with Crippen LogP contribution in [0.15, 0.2) is 66.9 Å². The molecule has 1 aliphatic rings. The highest BCUT2D eigenvalue weighted by molar-refractivity contribution is 6.34. The van der Waals surface area contributed by atoms with Gasteiger partial charge < -0.3 is 4.90 Å². The van der Waals surface area contributed by atoms with Gasteiger partial charge in [0, 0.05) is 32.4 Å². The number of carbonyl (C=O) groups is 1. The Bertz CT molecular complexity index is 1020. The molecule has 4 nitrogen and oxygen atoms in total. The van der Waals surface area contributed by atoms with Gasteiger partial charge in [-0.15, -0.1) is 0 Å². The van der Waals surface area contributed by atoms with Gasteiger partial charge in [0.25, 0.3) is 5.91 Å². The van der Waals surface area contributed by atoms with Crippen LogP contribution in [0.4, 0.5) is 0 Å². The molecule has 0 bridgehead atoms. The van der Waals surface area contributed by atoms with E-state index in [-0.39, 0.29) is 17.1 Å². The van der Waals surface area contributed by atoms with E-state index in [1.165, 1.54) is 22.9 Å². The van der Waals surface area contributed by atoms with E-state index in [4.69, 9.17) is 23.2 Å². The molecule has 2 heterocycles. The zero-order valence-corrected chi connectivity index (χ0v) is 18.3. The Balaban J connectivity index is 1.53. The summed E-state index contributed by atoms with van der Waals surface area (Å²) in [6, 6.07) is 21.0. The Kier molecular flexibility index (Phi) is 6.38. The molecular formula is C24H23Cl2N3O. The number of nitrogens with zero attached hydrogens (tertiary/aromatic N) is 3. The van der Waals surface area contributed by atoms with Crippen molar-refractivity contribution in [3.63, 3.8) is 0 Å². The highest BCUT2D eigenvalue weighted by Gasteiger charge is 2.29. The molecule has 1 fully saturated rings. The summed E-state index contributed by atoms with van der Waals surface area (Å²) in [5, 5.41) is 0.596. The van der Waals surface area contributed by atoms with Crippen LogP contribution in [0, 0.1) is 6.92 Å². The molecular weight excluding hydrogens is 417 g/mol. The molecule has 0 saturated carbocycles. The minimum atomic E-state index is -0.124. The molecule has 0 aliphatic carbocycles. The van der Waals surface area contributed by atoms with Crippen molar-refractivity contribution < 1.29 is 4.79 Å². The predicted molar refractivity (Wildman–Crippen MR) is 121 cm³/mol. The van der Waals surface area contributed by atoms with Crippen LogP contribution < -0.4 is 0 Å². The Hall–Kier alpha value is -2.40. The van der Waals surface area contributed by atoms with Gasteiger partial charge in [-0.2, -0.15) is 0 Å². The number of pyridine rings is 1. The monoisotopic (exact) mass is 439 g/mol. The standard InChI is InChI=1S/C24H23Cl2N3O/c1-17-7-9-19(10-8-17)22(18-5-3-2-4-6-18)28-11-13-29(14-12-28)24(30)21-15-20(25)16-27-23(21)26/h2-10,15-16,22H,11-14H2,1H3/t22-/m1/s1. The summed E-state index contributed by atoms with van der Waals surface area (Å²) in [4.78, 5) is 21.2. The lowest BCUT2D eigenvalue weighted by Gasteiger charge is -2.40. The van der Waals surface area contributed by atoms with Crippen LogP contribution in [0.3, 0.4) is 0 Å². The first-order valence-corrected chi connectivity index (χ1v) is 10.7. The number of amides is 1. The van der Waals surface area contributed by atoms with Crippen molar-refractivity contribution in [3.8, 4) is 0 Å². The van der Waals surface area contributed by atoms with E-state index < -0.39 is 0 Å². The summed E-state index contributed by atoms with van der Waals surface area (Å²) >= 11 is 12.1.